The molecule has 6 heteroatoms. The fourth-order valence-electron chi connectivity index (χ4n) is 3.98. The standard InChI is InChI=1S/C22H21N5O/c28-22-20-19(17-4-2-1-3-5-17)13-27(21(20)24-14-25-22)18-8-6-16(7-9-18)12-26-11-10-23-15-26/h1-11,13,15,20-21,24H,12,14H2,(H,25,28). The number of carbonyl (C=O) groups excluding carboxylic acids is 1. The van der Waals surface area contributed by atoms with Gasteiger partial charge in [-0.2, -0.15) is 0 Å². The van der Waals surface area contributed by atoms with Gasteiger partial charge < -0.3 is 14.8 Å². The van der Waals surface area contributed by atoms with Crippen molar-refractivity contribution in [2.75, 3.05) is 11.6 Å². The van der Waals surface area contributed by atoms with Crippen LogP contribution in [-0.4, -0.2) is 28.3 Å². The normalized spacial score (nSPS) is 21.2. The molecule has 1 saturated heterocycles. The van der Waals surface area contributed by atoms with Crippen LogP contribution in [0.1, 0.15) is 11.1 Å². The Balaban J connectivity index is 1.46. The molecule has 5 rings (SSSR count). The van der Waals surface area contributed by atoms with Gasteiger partial charge in [0.1, 0.15) is 6.17 Å². The van der Waals surface area contributed by atoms with Crippen molar-refractivity contribution < 1.29 is 4.79 Å². The minimum absolute atomic E-state index is 0.0677. The van der Waals surface area contributed by atoms with E-state index in [0.717, 1.165) is 23.4 Å². The van der Waals surface area contributed by atoms with Gasteiger partial charge in [-0.3, -0.25) is 10.1 Å². The summed E-state index contributed by atoms with van der Waals surface area (Å²) in [5.74, 6) is -0.167. The van der Waals surface area contributed by atoms with E-state index in [1.807, 2.05) is 35.3 Å². The van der Waals surface area contributed by atoms with E-state index >= 15 is 0 Å². The fraction of sp³-hybridized carbons (Fsp3) is 0.182. The fourth-order valence-corrected chi connectivity index (χ4v) is 3.98. The first kappa shape index (κ1) is 16.8. The minimum Gasteiger partial charge on any atom is -0.343 e. The molecule has 0 saturated carbocycles. The van der Waals surface area contributed by atoms with Crippen LogP contribution < -0.4 is 15.5 Å². The molecule has 2 aromatic carbocycles. The van der Waals surface area contributed by atoms with Crippen LogP contribution in [0.3, 0.4) is 0 Å². The number of aromatic nitrogens is 2. The van der Waals surface area contributed by atoms with E-state index in [9.17, 15) is 4.79 Å². The largest absolute Gasteiger partial charge is 0.343 e. The number of carbonyl (C=O) groups is 1. The Morgan fingerprint density at radius 3 is 2.64 bits per heavy atom. The topological polar surface area (TPSA) is 62.2 Å². The lowest BCUT2D eigenvalue weighted by Gasteiger charge is -2.34. The lowest BCUT2D eigenvalue weighted by Crippen LogP contribution is -2.58. The second-order valence-electron chi connectivity index (χ2n) is 7.10. The van der Waals surface area contributed by atoms with Crippen LogP contribution in [0.2, 0.25) is 0 Å². The van der Waals surface area contributed by atoms with Crippen LogP contribution in [0.15, 0.2) is 79.5 Å². The molecule has 140 valence electrons. The van der Waals surface area contributed by atoms with Crippen molar-refractivity contribution in [2.24, 2.45) is 5.92 Å². The highest BCUT2D eigenvalue weighted by atomic mass is 16.2. The number of hydrogen-bond donors (Lipinski definition) is 2. The second kappa shape index (κ2) is 6.98. The van der Waals surface area contributed by atoms with Crippen LogP contribution in [0.25, 0.3) is 5.57 Å². The zero-order valence-corrected chi connectivity index (χ0v) is 15.3. The Hall–Kier alpha value is -3.38. The van der Waals surface area contributed by atoms with Crippen molar-refractivity contribution >= 4 is 17.2 Å². The Morgan fingerprint density at radius 2 is 1.89 bits per heavy atom. The molecule has 1 aromatic heterocycles. The summed E-state index contributed by atoms with van der Waals surface area (Å²) in [6.07, 6.45) is 7.59. The van der Waals surface area contributed by atoms with Crippen LogP contribution >= 0.6 is 0 Å². The number of amides is 1. The van der Waals surface area contributed by atoms with Crippen molar-refractivity contribution in [3.8, 4) is 0 Å². The SMILES string of the molecule is O=C1NCNC2C1C(c1ccccc1)=CN2c1ccc(Cn2ccnc2)cc1. The van der Waals surface area contributed by atoms with E-state index in [-0.39, 0.29) is 18.0 Å². The maximum absolute atomic E-state index is 12.6. The summed E-state index contributed by atoms with van der Waals surface area (Å²) in [6.45, 7) is 1.27. The number of nitrogens with one attached hydrogen (secondary N) is 2. The maximum Gasteiger partial charge on any atom is 0.232 e. The first-order valence-electron chi connectivity index (χ1n) is 9.41. The third-order valence-electron chi connectivity index (χ3n) is 5.35. The third-order valence-corrected chi connectivity index (χ3v) is 5.35. The van der Waals surface area contributed by atoms with Gasteiger partial charge in [0.05, 0.1) is 18.9 Å². The molecule has 0 radical (unpaired) electrons. The molecule has 0 aliphatic carbocycles. The van der Waals surface area contributed by atoms with E-state index in [1.54, 1.807) is 6.20 Å². The summed E-state index contributed by atoms with van der Waals surface area (Å²) >= 11 is 0. The van der Waals surface area contributed by atoms with Crippen molar-refractivity contribution in [3.63, 3.8) is 0 Å². The second-order valence-corrected chi connectivity index (χ2v) is 7.10. The molecule has 2 aliphatic rings. The number of imidazole rings is 1. The number of benzene rings is 2. The van der Waals surface area contributed by atoms with Crippen molar-refractivity contribution in [1.82, 2.24) is 20.2 Å². The number of anilines is 1. The van der Waals surface area contributed by atoms with Crippen LogP contribution in [-0.2, 0) is 11.3 Å². The van der Waals surface area contributed by atoms with Crippen LogP contribution in [0.5, 0.6) is 0 Å². The highest BCUT2D eigenvalue weighted by Crippen LogP contribution is 2.38. The number of nitrogens with zero attached hydrogens (tertiary/aromatic N) is 3. The zero-order valence-electron chi connectivity index (χ0n) is 15.3. The molecule has 0 bridgehead atoms. The molecule has 2 N–H and O–H groups in total. The molecule has 2 unspecified atom stereocenters. The summed E-state index contributed by atoms with van der Waals surface area (Å²) < 4.78 is 2.04. The predicted molar refractivity (Wildman–Crippen MR) is 108 cm³/mol. The van der Waals surface area contributed by atoms with Crippen LogP contribution in [0.4, 0.5) is 5.69 Å². The summed E-state index contributed by atoms with van der Waals surface area (Å²) in [7, 11) is 0. The molecular weight excluding hydrogens is 350 g/mol. The van der Waals surface area contributed by atoms with Crippen LogP contribution in [0, 0.1) is 5.92 Å². The average Bonchev–Trinajstić information content (AvgIpc) is 3.38. The van der Waals surface area contributed by atoms with Gasteiger partial charge in [0.2, 0.25) is 5.91 Å². The van der Waals surface area contributed by atoms with E-state index in [4.69, 9.17) is 0 Å². The molecule has 1 fully saturated rings. The van der Waals surface area contributed by atoms with Gasteiger partial charge in [-0.05, 0) is 28.8 Å². The van der Waals surface area contributed by atoms with E-state index in [0.29, 0.717) is 6.67 Å². The Labute approximate surface area is 163 Å². The number of rotatable bonds is 4. The summed E-state index contributed by atoms with van der Waals surface area (Å²) in [5.41, 5.74) is 4.39. The molecule has 2 atom stereocenters. The third kappa shape index (κ3) is 2.97. The molecule has 6 nitrogen and oxygen atoms in total. The summed E-state index contributed by atoms with van der Waals surface area (Å²) in [5, 5.41) is 6.37. The molecule has 0 spiro atoms. The first-order valence-corrected chi connectivity index (χ1v) is 9.41. The van der Waals surface area contributed by atoms with E-state index in [2.05, 4.69) is 63.1 Å². The van der Waals surface area contributed by atoms with Gasteiger partial charge in [0, 0.05) is 30.8 Å². The number of hydrogen-bond acceptors (Lipinski definition) is 4. The predicted octanol–water partition coefficient (Wildman–Crippen LogP) is 2.41. The van der Waals surface area contributed by atoms with Gasteiger partial charge in [0.25, 0.3) is 0 Å². The molecular formula is C22H21N5O. The summed E-state index contributed by atoms with van der Waals surface area (Å²) in [4.78, 5) is 18.9. The smallest absolute Gasteiger partial charge is 0.232 e. The minimum atomic E-state index is -0.234. The highest BCUT2D eigenvalue weighted by Gasteiger charge is 2.43. The van der Waals surface area contributed by atoms with Crippen molar-refractivity contribution in [3.05, 3.63) is 90.6 Å². The maximum atomic E-state index is 12.6. The van der Waals surface area contributed by atoms with Gasteiger partial charge >= 0.3 is 0 Å². The van der Waals surface area contributed by atoms with E-state index < -0.39 is 0 Å². The lowest BCUT2D eigenvalue weighted by atomic mass is 9.91. The van der Waals surface area contributed by atoms with Crippen molar-refractivity contribution in [1.29, 1.82) is 0 Å². The Morgan fingerprint density at radius 1 is 1.07 bits per heavy atom. The average molecular weight is 371 g/mol. The summed E-state index contributed by atoms with van der Waals surface area (Å²) in [6, 6.07) is 18.6. The molecule has 28 heavy (non-hydrogen) atoms. The number of fused-ring (bicyclic) bond motifs is 1. The van der Waals surface area contributed by atoms with Gasteiger partial charge in [0.15, 0.2) is 0 Å². The van der Waals surface area contributed by atoms with E-state index in [1.165, 1.54) is 5.56 Å². The molecule has 3 aromatic rings. The first-order chi connectivity index (χ1) is 13.8. The van der Waals surface area contributed by atoms with Gasteiger partial charge in [-0.15, -0.1) is 0 Å². The molecule has 3 heterocycles. The molecule has 1 amide bonds. The lowest BCUT2D eigenvalue weighted by molar-refractivity contribution is -0.125. The van der Waals surface area contributed by atoms with Gasteiger partial charge in [-0.25, -0.2) is 4.98 Å². The quantitative estimate of drug-likeness (QED) is 0.739. The Bertz CT molecular complexity index is 995. The Kier molecular flexibility index (Phi) is 4.18. The van der Waals surface area contributed by atoms with Crippen molar-refractivity contribution in [2.45, 2.75) is 12.7 Å². The molecule has 2 aliphatic heterocycles. The monoisotopic (exact) mass is 371 g/mol. The van der Waals surface area contributed by atoms with Gasteiger partial charge in [-0.1, -0.05) is 42.5 Å². The highest BCUT2D eigenvalue weighted by molar-refractivity contribution is 5.96. The zero-order chi connectivity index (χ0) is 18.9.